The Labute approximate surface area is 154 Å². The third-order valence-electron chi connectivity index (χ3n) is 4.45. The summed E-state index contributed by atoms with van der Waals surface area (Å²) in [6, 6.07) is 6.40. The Balaban J connectivity index is 1.97. The zero-order chi connectivity index (χ0) is 19.1. The number of hydrogen-bond donors (Lipinski definition) is 2. The number of benzene rings is 1. The number of aromatic amines is 1. The van der Waals surface area contributed by atoms with E-state index in [1.165, 1.54) is 12.1 Å². The Morgan fingerprint density at radius 2 is 1.96 bits per heavy atom. The Bertz CT molecular complexity index is 698. The molecule has 0 spiro atoms. The first-order valence-electron chi connectivity index (χ1n) is 8.86. The largest absolute Gasteiger partial charge is 0.336 e. The molecule has 2 N–H and O–H groups in total. The first-order chi connectivity index (χ1) is 12.4. The average molecular weight is 361 g/mol. The van der Waals surface area contributed by atoms with Crippen LogP contribution in [0.4, 0.5) is 9.18 Å². The average Bonchev–Trinajstić information content (AvgIpc) is 3.06. The van der Waals surface area contributed by atoms with E-state index in [0.717, 1.165) is 29.7 Å². The van der Waals surface area contributed by atoms with Gasteiger partial charge in [-0.25, -0.2) is 9.18 Å². The summed E-state index contributed by atoms with van der Waals surface area (Å²) < 4.78 is 13.1. The molecule has 7 heteroatoms. The van der Waals surface area contributed by atoms with Crippen LogP contribution in [-0.4, -0.2) is 59.8 Å². The fraction of sp³-hybridized carbons (Fsp3) is 0.474. The molecule has 6 nitrogen and oxygen atoms in total. The van der Waals surface area contributed by atoms with E-state index in [1.54, 1.807) is 30.3 Å². The lowest BCUT2D eigenvalue weighted by Crippen LogP contribution is -2.44. The van der Waals surface area contributed by atoms with Crippen LogP contribution in [0.25, 0.3) is 11.3 Å². The van der Waals surface area contributed by atoms with Crippen LogP contribution in [-0.2, 0) is 6.54 Å². The van der Waals surface area contributed by atoms with Gasteiger partial charge in [-0.1, -0.05) is 13.3 Å². The number of urea groups is 1. The topological polar surface area (TPSA) is 64.3 Å². The minimum absolute atomic E-state index is 0.126. The van der Waals surface area contributed by atoms with Crippen molar-refractivity contribution in [2.45, 2.75) is 32.4 Å². The van der Waals surface area contributed by atoms with Crippen molar-refractivity contribution in [2.24, 2.45) is 0 Å². The van der Waals surface area contributed by atoms with Crippen molar-refractivity contribution in [1.29, 1.82) is 0 Å². The van der Waals surface area contributed by atoms with Gasteiger partial charge in [-0.3, -0.25) is 5.10 Å². The van der Waals surface area contributed by atoms with E-state index in [0.29, 0.717) is 19.1 Å². The molecular formula is C19H28FN5O. The van der Waals surface area contributed by atoms with Gasteiger partial charge in [0.1, 0.15) is 5.82 Å². The number of hydrogen-bond acceptors (Lipinski definition) is 3. The first-order valence-corrected chi connectivity index (χ1v) is 8.86. The van der Waals surface area contributed by atoms with E-state index in [2.05, 4.69) is 27.3 Å². The molecule has 1 aromatic heterocycles. The molecule has 0 radical (unpaired) electrons. The molecule has 26 heavy (non-hydrogen) atoms. The number of nitrogens with zero attached hydrogens (tertiary/aromatic N) is 3. The number of nitrogens with one attached hydrogen (secondary N) is 2. The predicted octanol–water partition coefficient (Wildman–Crippen LogP) is 3.09. The van der Waals surface area contributed by atoms with Crippen molar-refractivity contribution in [3.05, 3.63) is 41.8 Å². The molecule has 0 bridgehead atoms. The van der Waals surface area contributed by atoms with Crippen molar-refractivity contribution in [3.8, 4) is 11.3 Å². The summed E-state index contributed by atoms with van der Waals surface area (Å²) in [4.78, 5) is 16.2. The Hall–Kier alpha value is -2.41. The summed E-state index contributed by atoms with van der Waals surface area (Å²) in [6.45, 7) is 3.16. The highest BCUT2D eigenvalue weighted by Crippen LogP contribution is 2.22. The van der Waals surface area contributed by atoms with Crippen LogP contribution in [0.1, 0.15) is 25.3 Å². The van der Waals surface area contributed by atoms with Gasteiger partial charge in [-0.05, 0) is 44.8 Å². The van der Waals surface area contributed by atoms with Gasteiger partial charge < -0.3 is 15.1 Å². The first kappa shape index (κ1) is 19.9. The number of carbonyl (C=O) groups excluding carboxylic acids is 1. The summed E-state index contributed by atoms with van der Waals surface area (Å²) in [6.07, 6.45) is 3.81. The molecule has 2 amide bonds. The SMILES string of the molecule is CCCC(CNC(=O)N(C)Cc1cn[nH]c1-c1ccc(F)cc1)N(C)C. The lowest BCUT2D eigenvalue weighted by molar-refractivity contribution is 0.199. The number of H-pyrrole nitrogens is 1. The van der Waals surface area contributed by atoms with Crippen LogP contribution in [0.15, 0.2) is 30.5 Å². The highest BCUT2D eigenvalue weighted by Gasteiger charge is 2.16. The van der Waals surface area contributed by atoms with Crippen LogP contribution in [0.3, 0.4) is 0 Å². The Kier molecular flexibility index (Phi) is 7.15. The van der Waals surface area contributed by atoms with Crippen molar-refractivity contribution in [2.75, 3.05) is 27.7 Å². The van der Waals surface area contributed by atoms with E-state index in [4.69, 9.17) is 0 Å². The molecule has 0 saturated carbocycles. The van der Waals surface area contributed by atoms with Crippen LogP contribution >= 0.6 is 0 Å². The van der Waals surface area contributed by atoms with E-state index in [-0.39, 0.29) is 11.8 Å². The standard InChI is InChI=1S/C19H28FN5O/c1-5-6-17(24(2)3)12-21-19(26)25(4)13-15-11-22-23-18(15)14-7-9-16(20)10-8-14/h7-11,17H,5-6,12-13H2,1-4H3,(H,21,26)(H,22,23). The lowest BCUT2D eigenvalue weighted by atomic mass is 10.1. The fourth-order valence-electron chi connectivity index (χ4n) is 2.84. The lowest BCUT2D eigenvalue weighted by Gasteiger charge is -2.26. The van der Waals surface area contributed by atoms with Crippen LogP contribution < -0.4 is 5.32 Å². The Morgan fingerprint density at radius 1 is 1.27 bits per heavy atom. The zero-order valence-electron chi connectivity index (χ0n) is 15.9. The van der Waals surface area contributed by atoms with Gasteiger partial charge in [-0.15, -0.1) is 0 Å². The maximum Gasteiger partial charge on any atom is 0.317 e. The van der Waals surface area contributed by atoms with E-state index in [9.17, 15) is 9.18 Å². The quantitative estimate of drug-likeness (QED) is 0.759. The molecule has 1 aromatic carbocycles. The van der Waals surface area contributed by atoms with Crippen molar-refractivity contribution in [3.63, 3.8) is 0 Å². The molecule has 1 heterocycles. The molecule has 0 aliphatic rings. The third-order valence-corrected chi connectivity index (χ3v) is 4.45. The van der Waals surface area contributed by atoms with Gasteiger partial charge in [-0.2, -0.15) is 5.10 Å². The summed E-state index contributed by atoms with van der Waals surface area (Å²) in [5.74, 6) is -0.283. The van der Waals surface area contributed by atoms with Crippen molar-refractivity contribution < 1.29 is 9.18 Å². The van der Waals surface area contributed by atoms with Gasteiger partial charge >= 0.3 is 6.03 Å². The second kappa shape index (κ2) is 9.33. The smallest absolute Gasteiger partial charge is 0.317 e. The molecule has 0 aliphatic carbocycles. The zero-order valence-corrected chi connectivity index (χ0v) is 15.9. The van der Waals surface area contributed by atoms with Gasteiger partial charge in [0.05, 0.1) is 18.4 Å². The molecule has 1 atom stereocenters. The van der Waals surface area contributed by atoms with Crippen LogP contribution in [0.5, 0.6) is 0 Å². The molecule has 1 unspecified atom stereocenters. The third kappa shape index (κ3) is 5.29. The maximum absolute atomic E-state index is 13.1. The highest BCUT2D eigenvalue weighted by atomic mass is 19.1. The van der Waals surface area contributed by atoms with Gasteiger partial charge in [0.2, 0.25) is 0 Å². The van der Waals surface area contributed by atoms with Gasteiger partial charge in [0.15, 0.2) is 0 Å². The molecule has 0 saturated heterocycles. The normalized spacial score (nSPS) is 12.2. The molecule has 2 aromatic rings. The summed E-state index contributed by atoms with van der Waals surface area (Å²) in [5.41, 5.74) is 2.51. The molecule has 142 valence electrons. The van der Waals surface area contributed by atoms with E-state index >= 15 is 0 Å². The monoisotopic (exact) mass is 361 g/mol. The number of aromatic nitrogens is 2. The highest BCUT2D eigenvalue weighted by molar-refractivity contribution is 5.74. The Morgan fingerprint density at radius 3 is 2.58 bits per heavy atom. The predicted molar refractivity (Wildman–Crippen MR) is 101 cm³/mol. The number of halogens is 1. The van der Waals surface area contributed by atoms with Crippen LogP contribution in [0.2, 0.25) is 0 Å². The maximum atomic E-state index is 13.1. The summed E-state index contributed by atoms with van der Waals surface area (Å²) in [5, 5.41) is 9.99. The molecule has 0 aliphatic heterocycles. The van der Waals surface area contributed by atoms with Crippen molar-refractivity contribution in [1.82, 2.24) is 25.3 Å². The number of rotatable bonds is 8. The van der Waals surface area contributed by atoms with E-state index < -0.39 is 0 Å². The number of carbonyl (C=O) groups is 1. The van der Waals surface area contributed by atoms with Gasteiger partial charge in [0, 0.05) is 30.8 Å². The fourth-order valence-corrected chi connectivity index (χ4v) is 2.84. The van der Waals surface area contributed by atoms with Gasteiger partial charge in [0.25, 0.3) is 0 Å². The summed E-state index contributed by atoms with van der Waals surface area (Å²) >= 11 is 0. The molecule has 0 fully saturated rings. The van der Waals surface area contributed by atoms with Crippen LogP contribution in [0, 0.1) is 5.82 Å². The second-order valence-electron chi connectivity index (χ2n) is 6.73. The molecule has 2 rings (SSSR count). The second-order valence-corrected chi connectivity index (χ2v) is 6.73. The molecular weight excluding hydrogens is 333 g/mol. The summed E-state index contributed by atoms with van der Waals surface area (Å²) in [7, 11) is 5.80. The van der Waals surface area contributed by atoms with Crippen molar-refractivity contribution >= 4 is 6.03 Å². The number of amides is 2. The number of likely N-dealkylation sites (N-methyl/N-ethyl adjacent to an activating group) is 1. The minimum Gasteiger partial charge on any atom is -0.336 e. The van der Waals surface area contributed by atoms with E-state index in [1.807, 2.05) is 14.1 Å². The minimum atomic E-state index is -0.283.